The number of anilines is 1. The third-order valence-electron chi connectivity index (χ3n) is 2.78. The zero-order valence-corrected chi connectivity index (χ0v) is 15.8. The van der Waals surface area contributed by atoms with Gasteiger partial charge in [-0.05, 0) is 12.1 Å². The van der Waals surface area contributed by atoms with Crippen LogP contribution in [0.15, 0.2) is 28.9 Å². The predicted molar refractivity (Wildman–Crippen MR) is 85.5 cm³/mol. The van der Waals surface area contributed by atoms with Crippen molar-refractivity contribution in [1.29, 1.82) is 0 Å². The van der Waals surface area contributed by atoms with Crippen molar-refractivity contribution in [3.63, 3.8) is 0 Å². The molecule has 0 bridgehead atoms. The van der Waals surface area contributed by atoms with Gasteiger partial charge in [-0.2, -0.15) is 13.6 Å². The van der Waals surface area contributed by atoms with Gasteiger partial charge in [0.25, 0.3) is 0 Å². The Morgan fingerprint density at radius 1 is 1.22 bits per heavy atom. The molecule has 27 heavy (non-hydrogen) atoms. The second-order valence-electron chi connectivity index (χ2n) is 4.89. The molecule has 0 amide bonds. The molecule has 15 nitrogen and oxygen atoms in total. The van der Waals surface area contributed by atoms with Crippen LogP contribution in [0.2, 0.25) is 0 Å². The lowest BCUT2D eigenvalue weighted by atomic mass is 10.3. The van der Waals surface area contributed by atoms with Crippen molar-refractivity contribution in [2.24, 2.45) is 0 Å². The molecule has 1 aromatic rings. The molecule has 1 aliphatic rings. The third-order valence-corrected chi connectivity index (χ3v) is 6.56. The van der Waals surface area contributed by atoms with Gasteiger partial charge in [-0.1, -0.05) is 0 Å². The maximum Gasteiger partial charge on any atom is 0.490 e. The first-order valence-electron chi connectivity index (χ1n) is 6.75. The van der Waals surface area contributed by atoms with Gasteiger partial charge < -0.3 is 30.0 Å². The van der Waals surface area contributed by atoms with Crippen LogP contribution in [-0.4, -0.2) is 35.7 Å². The number of aromatic nitrogens is 2. The fourth-order valence-corrected chi connectivity index (χ4v) is 4.84. The van der Waals surface area contributed by atoms with Gasteiger partial charge in [-0.25, -0.2) is 18.5 Å². The van der Waals surface area contributed by atoms with Crippen LogP contribution in [0.25, 0.3) is 0 Å². The maximum atomic E-state index is 11.7. The van der Waals surface area contributed by atoms with E-state index in [1.165, 1.54) is 18.3 Å². The van der Waals surface area contributed by atoms with Crippen LogP contribution in [-0.2, 0) is 31.6 Å². The molecular weight excluding hydrogens is 435 g/mol. The lowest BCUT2D eigenvalue weighted by Crippen LogP contribution is -2.27. The fraction of sp³-hybridized carbons (Fsp3) is 0.333. The summed E-state index contributed by atoms with van der Waals surface area (Å²) in [5.41, 5.74) is 4.67. The SMILES string of the molecule is Nc1ccn(C2CC=C(COP(=O)(O)OP(=O)(O)OP(=O)(O)O)O2)c(=O)n1. The summed E-state index contributed by atoms with van der Waals surface area (Å²) < 4.78 is 51.3. The molecule has 0 saturated carbocycles. The molecule has 0 aliphatic carbocycles. The number of nitrogens with two attached hydrogens (primary N) is 1. The zero-order valence-electron chi connectivity index (χ0n) is 13.1. The van der Waals surface area contributed by atoms with Crippen molar-refractivity contribution >= 4 is 29.3 Å². The van der Waals surface area contributed by atoms with Crippen molar-refractivity contribution in [3.8, 4) is 0 Å². The van der Waals surface area contributed by atoms with Crippen LogP contribution in [0.4, 0.5) is 5.82 Å². The Balaban J connectivity index is 1.93. The highest BCUT2D eigenvalue weighted by Gasteiger charge is 2.41. The van der Waals surface area contributed by atoms with Gasteiger partial charge in [0.1, 0.15) is 18.2 Å². The molecule has 0 spiro atoms. The first-order chi connectivity index (χ1) is 12.3. The molecule has 2 rings (SSSR count). The van der Waals surface area contributed by atoms with Gasteiger partial charge in [0.05, 0.1) is 0 Å². The summed E-state index contributed by atoms with van der Waals surface area (Å²) in [5.74, 6) is -0.0135. The average Bonchev–Trinajstić information content (AvgIpc) is 2.90. The van der Waals surface area contributed by atoms with E-state index in [0.717, 1.165) is 4.57 Å². The van der Waals surface area contributed by atoms with E-state index in [2.05, 4.69) is 18.1 Å². The monoisotopic (exact) mass is 449 g/mol. The van der Waals surface area contributed by atoms with Crippen LogP contribution >= 0.6 is 23.5 Å². The van der Waals surface area contributed by atoms with Crippen molar-refractivity contribution in [2.45, 2.75) is 12.6 Å². The lowest BCUT2D eigenvalue weighted by Gasteiger charge is -2.18. The third kappa shape index (κ3) is 6.94. The summed E-state index contributed by atoms with van der Waals surface area (Å²) in [5, 5.41) is 0. The van der Waals surface area contributed by atoms with Gasteiger partial charge >= 0.3 is 29.2 Å². The van der Waals surface area contributed by atoms with Crippen molar-refractivity contribution in [3.05, 3.63) is 34.6 Å². The van der Waals surface area contributed by atoms with Gasteiger partial charge in [-0.3, -0.25) is 9.09 Å². The molecule has 152 valence electrons. The number of ether oxygens (including phenoxy) is 1. The number of rotatable bonds is 8. The van der Waals surface area contributed by atoms with Gasteiger partial charge in [-0.15, -0.1) is 0 Å². The Hall–Kier alpha value is -1.37. The summed E-state index contributed by atoms with van der Waals surface area (Å²) in [6.45, 7) is -0.725. The van der Waals surface area contributed by atoms with Crippen LogP contribution in [0, 0.1) is 0 Å². The number of phosphoric acid groups is 3. The fourth-order valence-electron chi connectivity index (χ4n) is 1.86. The first kappa shape index (κ1) is 21.9. The quantitative estimate of drug-likeness (QED) is 0.328. The zero-order chi connectivity index (χ0) is 20.5. The summed E-state index contributed by atoms with van der Waals surface area (Å²) in [6.07, 6.45) is 2.07. The summed E-state index contributed by atoms with van der Waals surface area (Å²) in [4.78, 5) is 50.4. The van der Waals surface area contributed by atoms with Gasteiger partial charge in [0, 0.05) is 12.6 Å². The van der Waals surface area contributed by atoms with Crippen molar-refractivity contribution < 1.29 is 51.2 Å². The molecule has 0 aromatic carbocycles. The van der Waals surface area contributed by atoms with E-state index in [1.54, 1.807) is 0 Å². The number of hydrogen-bond acceptors (Lipinski definition) is 10. The largest absolute Gasteiger partial charge is 0.490 e. The highest BCUT2D eigenvalue weighted by atomic mass is 31.3. The Morgan fingerprint density at radius 2 is 1.89 bits per heavy atom. The summed E-state index contributed by atoms with van der Waals surface area (Å²) in [6, 6.07) is 1.36. The second-order valence-corrected chi connectivity index (χ2v) is 9.31. The summed E-state index contributed by atoms with van der Waals surface area (Å²) in [7, 11) is -16.3. The van der Waals surface area contributed by atoms with Crippen LogP contribution < -0.4 is 11.4 Å². The molecule has 0 saturated heterocycles. The molecule has 1 aromatic heterocycles. The van der Waals surface area contributed by atoms with E-state index in [-0.39, 0.29) is 18.0 Å². The Morgan fingerprint density at radius 3 is 2.48 bits per heavy atom. The molecule has 3 atom stereocenters. The average molecular weight is 449 g/mol. The number of hydrogen-bond donors (Lipinski definition) is 5. The predicted octanol–water partition coefficient (Wildman–Crippen LogP) is -0.0284. The van der Waals surface area contributed by atoms with Crippen LogP contribution in [0.3, 0.4) is 0 Å². The minimum absolute atomic E-state index is 0.00934. The first-order valence-corrected chi connectivity index (χ1v) is 11.3. The minimum Gasteiger partial charge on any atom is -0.472 e. The van der Waals surface area contributed by atoms with E-state index in [9.17, 15) is 23.4 Å². The maximum absolute atomic E-state index is 11.7. The molecule has 3 unspecified atom stereocenters. The van der Waals surface area contributed by atoms with E-state index in [4.69, 9.17) is 25.2 Å². The highest BCUT2D eigenvalue weighted by molar-refractivity contribution is 7.66. The number of nitrogens with zero attached hydrogens (tertiary/aromatic N) is 2. The number of phosphoric ester groups is 1. The van der Waals surface area contributed by atoms with Crippen LogP contribution in [0.1, 0.15) is 12.6 Å². The molecule has 0 radical (unpaired) electrons. The molecule has 0 fully saturated rings. The smallest absolute Gasteiger partial charge is 0.472 e. The van der Waals surface area contributed by atoms with Crippen LogP contribution in [0.5, 0.6) is 0 Å². The Labute approximate surface area is 150 Å². The van der Waals surface area contributed by atoms with E-state index < -0.39 is 42.0 Å². The number of nitrogen functional groups attached to an aromatic ring is 1. The second kappa shape index (κ2) is 7.94. The lowest BCUT2D eigenvalue weighted by molar-refractivity contribution is 0.0572. The summed E-state index contributed by atoms with van der Waals surface area (Å²) >= 11 is 0. The Bertz CT molecular complexity index is 938. The normalized spacial score (nSPS) is 21.8. The van der Waals surface area contributed by atoms with E-state index in [0.29, 0.717) is 0 Å². The van der Waals surface area contributed by atoms with Gasteiger partial charge in [0.15, 0.2) is 6.23 Å². The minimum atomic E-state index is -5.60. The molecule has 1 aliphatic heterocycles. The molecule has 2 heterocycles. The Kier molecular flexibility index (Phi) is 6.44. The van der Waals surface area contributed by atoms with E-state index in [1.807, 2.05) is 0 Å². The van der Waals surface area contributed by atoms with Crippen molar-refractivity contribution in [2.75, 3.05) is 12.3 Å². The topological polar surface area (TPSA) is 230 Å². The van der Waals surface area contributed by atoms with Gasteiger partial charge in [0.2, 0.25) is 0 Å². The molecule has 6 N–H and O–H groups in total. The highest BCUT2D eigenvalue weighted by Crippen LogP contribution is 2.66. The van der Waals surface area contributed by atoms with E-state index >= 15 is 0 Å². The molecule has 18 heteroatoms. The molecular formula is C9H14N3O12P3. The standard InChI is InChI=1S/C9H14N3O12P3/c10-7-3-4-12(9(13)11-7)8-2-1-6(22-8)5-21-26(17,18)24-27(19,20)23-25(14,15)16/h1,3-4,8H,2,5H2,(H,17,18)(H,19,20)(H2,10,11,13)(H2,14,15,16). The van der Waals surface area contributed by atoms with Crippen molar-refractivity contribution in [1.82, 2.24) is 9.55 Å².